The van der Waals surface area contributed by atoms with Gasteiger partial charge in [-0.3, -0.25) is 0 Å². The van der Waals surface area contributed by atoms with Gasteiger partial charge in [-0.05, 0) is 42.5 Å². The van der Waals surface area contributed by atoms with Crippen LogP contribution in [0.15, 0.2) is 54.9 Å². The standard InChI is InChI=1S/C24H24F3N3O/c25-24(26,27)19-12-14-22(28-15-19)30-16-20(23(31)18-9-5-2-6-10-18)21(29-30)13-11-17-7-3-1-4-8-17/h1,3-4,7-8,11-16,18,23,31H,2,5-6,9-10H2. The van der Waals surface area contributed by atoms with Crippen molar-refractivity contribution < 1.29 is 18.3 Å². The van der Waals surface area contributed by atoms with Crippen LogP contribution in [0, 0.1) is 5.92 Å². The first-order chi connectivity index (χ1) is 14.9. The van der Waals surface area contributed by atoms with E-state index < -0.39 is 17.8 Å². The van der Waals surface area contributed by atoms with Crippen molar-refractivity contribution in [2.24, 2.45) is 5.92 Å². The van der Waals surface area contributed by atoms with Gasteiger partial charge in [0.25, 0.3) is 0 Å². The van der Waals surface area contributed by atoms with E-state index in [1.807, 2.05) is 42.5 Å². The summed E-state index contributed by atoms with van der Waals surface area (Å²) in [4.78, 5) is 3.93. The van der Waals surface area contributed by atoms with E-state index in [9.17, 15) is 18.3 Å². The summed E-state index contributed by atoms with van der Waals surface area (Å²) in [6.07, 6.45) is 6.35. The van der Waals surface area contributed by atoms with Crippen LogP contribution in [-0.4, -0.2) is 19.9 Å². The lowest BCUT2D eigenvalue weighted by molar-refractivity contribution is -0.137. The molecule has 0 amide bonds. The fourth-order valence-corrected chi connectivity index (χ4v) is 4.01. The number of nitrogens with zero attached hydrogens (tertiary/aromatic N) is 3. The number of benzene rings is 1. The molecule has 31 heavy (non-hydrogen) atoms. The molecule has 1 aliphatic rings. The van der Waals surface area contributed by atoms with Crippen molar-refractivity contribution in [3.8, 4) is 5.82 Å². The van der Waals surface area contributed by atoms with Crippen LogP contribution in [0.1, 0.15) is 60.6 Å². The fourth-order valence-electron chi connectivity index (χ4n) is 4.01. The maximum atomic E-state index is 12.9. The van der Waals surface area contributed by atoms with Crippen molar-refractivity contribution in [3.05, 3.63) is 77.2 Å². The molecule has 1 aromatic carbocycles. The predicted octanol–water partition coefficient (Wildman–Crippen LogP) is 6.07. The lowest BCUT2D eigenvalue weighted by Gasteiger charge is -2.26. The Hall–Kier alpha value is -2.93. The monoisotopic (exact) mass is 427 g/mol. The Morgan fingerprint density at radius 1 is 1.00 bits per heavy atom. The summed E-state index contributed by atoms with van der Waals surface area (Å²) in [6, 6.07) is 12.0. The third-order valence-corrected chi connectivity index (χ3v) is 5.73. The molecule has 1 aliphatic carbocycles. The molecule has 0 bridgehead atoms. The van der Waals surface area contributed by atoms with Crippen LogP contribution < -0.4 is 0 Å². The van der Waals surface area contributed by atoms with Gasteiger partial charge in [-0.1, -0.05) is 55.7 Å². The quantitative estimate of drug-likeness (QED) is 0.538. The summed E-state index contributed by atoms with van der Waals surface area (Å²) in [5, 5.41) is 15.6. The molecule has 0 spiro atoms. The van der Waals surface area contributed by atoms with Crippen molar-refractivity contribution >= 4 is 12.2 Å². The molecular formula is C24H24F3N3O. The first kappa shape index (κ1) is 21.3. The Bertz CT molecular complexity index is 1020. The van der Waals surface area contributed by atoms with E-state index in [0.29, 0.717) is 11.3 Å². The molecule has 1 N–H and O–H groups in total. The van der Waals surface area contributed by atoms with Gasteiger partial charge < -0.3 is 5.11 Å². The van der Waals surface area contributed by atoms with Crippen LogP contribution in [0.4, 0.5) is 13.2 Å². The zero-order chi connectivity index (χ0) is 21.8. The van der Waals surface area contributed by atoms with Gasteiger partial charge in [0.15, 0.2) is 5.82 Å². The van der Waals surface area contributed by atoms with Crippen molar-refractivity contribution in [2.75, 3.05) is 0 Å². The molecule has 1 unspecified atom stereocenters. The van der Waals surface area contributed by atoms with Crippen LogP contribution in [0.3, 0.4) is 0 Å². The van der Waals surface area contributed by atoms with Crippen molar-refractivity contribution in [3.63, 3.8) is 0 Å². The van der Waals surface area contributed by atoms with Gasteiger partial charge in [-0.15, -0.1) is 0 Å². The van der Waals surface area contributed by atoms with Gasteiger partial charge in [0.05, 0.1) is 17.4 Å². The molecule has 1 atom stereocenters. The normalized spacial score (nSPS) is 16.6. The van der Waals surface area contributed by atoms with Crippen LogP contribution in [0.25, 0.3) is 18.0 Å². The summed E-state index contributed by atoms with van der Waals surface area (Å²) in [5.41, 5.74) is 1.43. The number of aliphatic hydroxyl groups is 1. The highest BCUT2D eigenvalue weighted by molar-refractivity contribution is 5.69. The van der Waals surface area contributed by atoms with Gasteiger partial charge in [0, 0.05) is 18.0 Å². The Kier molecular flexibility index (Phi) is 6.23. The minimum Gasteiger partial charge on any atom is -0.388 e. The van der Waals surface area contributed by atoms with E-state index in [4.69, 9.17) is 0 Å². The van der Waals surface area contributed by atoms with Gasteiger partial charge in [-0.25, -0.2) is 9.67 Å². The third kappa shape index (κ3) is 5.05. The molecule has 0 aliphatic heterocycles. The zero-order valence-corrected chi connectivity index (χ0v) is 17.0. The maximum Gasteiger partial charge on any atom is 0.417 e. The van der Waals surface area contributed by atoms with Gasteiger partial charge in [-0.2, -0.15) is 18.3 Å². The second-order valence-electron chi connectivity index (χ2n) is 7.90. The van der Waals surface area contributed by atoms with Gasteiger partial charge >= 0.3 is 6.18 Å². The van der Waals surface area contributed by atoms with E-state index in [2.05, 4.69) is 10.1 Å². The summed E-state index contributed by atoms with van der Waals surface area (Å²) in [6.45, 7) is 0. The Balaban J connectivity index is 1.68. The molecule has 1 fully saturated rings. The Morgan fingerprint density at radius 3 is 2.39 bits per heavy atom. The minimum atomic E-state index is -4.44. The summed E-state index contributed by atoms with van der Waals surface area (Å²) >= 11 is 0. The van der Waals surface area contributed by atoms with Crippen molar-refractivity contribution in [1.29, 1.82) is 0 Å². The SMILES string of the molecule is OC(c1cn(-c2ccc(C(F)(F)F)cn2)nc1C=Cc1ccccc1)C1CCCCC1. The number of hydrogen-bond donors (Lipinski definition) is 1. The molecule has 2 aromatic heterocycles. The van der Waals surface area contributed by atoms with Crippen molar-refractivity contribution in [2.45, 2.75) is 44.4 Å². The summed E-state index contributed by atoms with van der Waals surface area (Å²) in [7, 11) is 0. The topological polar surface area (TPSA) is 50.9 Å². The molecule has 7 heteroatoms. The molecule has 2 heterocycles. The number of halogens is 3. The number of pyridine rings is 1. The number of aliphatic hydroxyl groups excluding tert-OH is 1. The van der Waals surface area contributed by atoms with E-state index in [-0.39, 0.29) is 11.7 Å². The number of rotatable bonds is 5. The number of hydrogen-bond acceptors (Lipinski definition) is 3. The first-order valence-corrected chi connectivity index (χ1v) is 10.5. The average molecular weight is 427 g/mol. The molecule has 0 radical (unpaired) electrons. The second kappa shape index (κ2) is 9.06. The van der Waals surface area contributed by atoms with E-state index in [1.54, 1.807) is 6.20 Å². The van der Waals surface area contributed by atoms with Gasteiger partial charge in [0.2, 0.25) is 0 Å². The molecular weight excluding hydrogens is 403 g/mol. The van der Waals surface area contributed by atoms with Crippen LogP contribution in [-0.2, 0) is 6.18 Å². The van der Waals surface area contributed by atoms with Crippen LogP contribution in [0.5, 0.6) is 0 Å². The van der Waals surface area contributed by atoms with E-state index >= 15 is 0 Å². The minimum absolute atomic E-state index is 0.149. The zero-order valence-electron chi connectivity index (χ0n) is 17.0. The fraction of sp³-hybridized carbons (Fsp3) is 0.333. The second-order valence-corrected chi connectivity index (χ2v) is 7.90. The highest BCUT2D eigenvalue weighted by Crippen LogP contribution is 2.36. The molecule has 0 saturated heterocycles. The van der Waals surface area contributed by atoms with Crippen LogP contribution in [0.2, 0.25) is 0 Å². The molecule has 1 saturated carbocycles. The lowest BCUT2D eigenvalue weighted by atomic mass is 9.83. The summed E-state index contributed by atoms with van der Waals surface area (Å²) < 4.78 is 40.0. The van der Waals surface area contributed by atoms with E-state index in [0.717, 1.165) is 43.5 Å². The highest BCUT2D eigenvalue weighted by atomic mass is 19.4. The Labute approximate surface area is 179 Å². The molecule has 162 valence electrons. The summed E-state index contributed by atoms with van der Waals surface area (Å²) in [5.74, 6) is 0.417. The predicted molar refractivity (Wildman–Crippen MR) is 113 cm³/mol. The molecule has 4 nitrogen and oxygen atoms in total. The van der Waals surface area contributed by atoms with Crippen molar-refractivity contribution in [1.82, 2.24) is 14.8 Å². The van der Waals surface area contributed by atoms with Crippen LogP contribution >= 0.6 is 0 Å². The average Bonchev–Trinajstić information content (AvgIpc) is 3.22. The smallest absolute Gasteiger partial charge is 0.388 e. The van der Waals surface area contributed by atoms with E-state index in [1.165, 1.54) is 17.2 Å². The lowest BCUT2D eigenvalue weighted by Crippen LogP contribution is -2.16. The highest BCUT2D eigenvalue weighted by Gasteiger charge is 2.31. The third-order valence-electron chi connectivity index (χ3n) is 5.73. The largest absolute Gasteiger partial charge is 0.417 e. The molecule has 3 aromatic rings. The van der Waals surface area contributed by atoms with Gasteiger partial charge in [0.1, 0.15) is 0 Å². The number of alkyl halides is 3. The number of aromatic nitrogens is 3. The molecule has 4 rings (SSSR count). The Morgan fingerprint density at radius 2 is 1.74 bits per heavy atom. The first-order valence-electron chi connectivity index (χ1n) is 10.5. The maximum absolute atomic E-state index is 12.9.